The number of amides is 2. The van der Waals surface area contributed by atoms with E-state index in [0.29, 0.717) is 18.7 Å². The van der Waals surface area contributed by atoms with Crippen LogP contribution < -0.4 is 15.5 Å². The van der Waals surface area contributed by atoms with Crippen molar-refractivity contribution in [2.24, 2.45) is 0 Å². The molecule has 1 heterocycles. The van der Waals surface area contributed by atoms with E-state index in [4.69, 9.17) is 0 Å². The van der Waals surface area contributed by atoms with Crippen LogP contribution >= 0.6 is 0 Å². The molecule has 6 nitrogen and oxygen atoms in total. The number of hydrogen-bond donors (Lipinski definition) is 2. The van der Waals surface area contributed by atoms with Crippen LogP contribution in [0.2, 0.25) is 0 Å². The molecule has 154 valence electrons. The molecule has 0 atom stereocenters. The number of nitrogens with zero attached hydrogens (tertiary/aromatic N) is 2. The van der Waals surface area contributed by atoms with Gasteiger partial charge in [-0.25, -0.2) is 0 Å². The maximum atomic E-state index is 12.0. The van der Waals surface area contributed by atoms with Gasteiger partial charge in [-0.3, -0.25) is 9.59 Å². The summed E-state index contributed by atoms with van der Waals surface area (Å²) in [6.45, 7) is 6.75. The van der Waals surface area contributed by atoms with Crippen molar-refractivity contribution >= 4 is 23.2 Å². The first-order valence-electron chi connectivity index (χ1n) is 10.3. The van der Waals surface area contributed by atoms with E-state index in [2.05, 4.69) is 58.7 Å². The summed E-state index contributed by atoms with van der Waals surface area (Å²) < 4.78 is 0. The second-order valence-electron chi connectivity index (χ2n) is 7.47. The summed E-state index contributed by atoms with van der Waals surface area (Å²) in [7, 11) is 2.15. The molecule has 0 bridgehead atoms. The third-order valence-electron chi connectivity index (χ3n) is 5.33. The molecular weight excluding hydrogens is 364 g/mol. The molecule has 3 rings (SSSR count). The Balaban J connectivity index is 1.41. The predicted octanol–water partition coefficient (Wildman–Crippen LogP) is 2.30. The Bertz CT molecular complexity index is 810. The molecule has 1 aliphatic heterocycles. The first-order chi connectivity index (χ1) is 14.0. The monoisotopic (exact) mass is 394 g/mol. The fraction of sp³-hybridized carbons (Fsp3) is 0.391. The van der Waals surface area contributed by atoms with Gasteiger partial charge in [0.05, 0.1) is 0 Å². The van der Waals surface area contributed by atoms with Crippen LogP contribution in [0.4, 0.5) is 11.4 Å². The summed E-state index contributed by atoms with van der Waals surface area (Å²) in [6.07, 6.45) is 1.62. The van der Waals surface area contributed by atoms with Gasteiger partial charge in [0.15, 0.2) is 0 Å². The van der Waals surface area contributed by atoms with Crippen molar-refractivity contribution in [3.8, 4) is 0 Å². The Hall–Kier alpha value is -2.86. The highest BCUT2D eigenvalue weighted by Gasteiger charge is 2.15. The van der Waals surface area contributed by atoms with Crippen LogP contribution in [-0.2, 0) is 22.4 Å². The van der Waals surface area contributed by atoms with Crippen LogP contribution in [-0.4, -0.2) is 56.5 Å². The Morgan fingerprint density at radius 3 is 2.10 bits per heavy atom. The normalized spacial score (nSPS) is 14.5. The summed E-state index contributed by atoms with van der Waals surface area (Å²) >= 11 is 0. The molecule has 2 amide bonds. The molecule has 1 saturated heterocycles. The highest BCUT2D eigenvalue weighted by atomic mass is 16.2. The van der Waals surface area contributed by atoms with Crippen molar-refractivity contribution in [1.82, 2.24) is 10.2 Å². The minimum absolute atomic E-state index is 0.425. The molecule has 1 fully saturated rings. The van der Waals surface area contributed by atoms with Gasteiger partial charge in [-0.05, 0) is 55.3 Å². The van der Waals surface area contributed by atoms with Crippen molar-refractivity contribution < 1.29 is 9.59 Å². The first kappa shape index (κ1) is 20.9. The Morgan fingerprint density at radius 1 is 0.862 bits per heavy atom. The predicted molar refractivity (Wildman–Crippen MR) is 117 cm³/mol. The van der Waals surface area contributed by atoms with E-state index >= 15 is 0 Å². The third-order valence-corrected chi connectivity index (χ3v) is 5.33. The Labute approximate surface area is 172 Å². The van der Waals surface area contributed by atoms with Crippen LogP contribution in [0.5, 0.6) is 0 Å². The lowest BCUT2D eigenvalue weighted by molar-refractivity contribution is -0.136. The van der Waals surface area contributed by atoms with E-state index in [9.17, 15) is 9.59 Å². The van der Waals surface area contributed by atoms with E-state index in [1.54, 1.807) is 0 Å². The zero-order chi connectivity index (χ0) is 20.6. The topological polar surface area (TPSA) is 64.7 Å². The summed E-state index contributed by atoms with van der Waals surface area (Å²) in [6, 6.07) is 16.0. The number of piperazine rings is 1. The largest absolute Gasteiger partial charge is 0.369 e. The summed E-state index contributed by atoms with van der Waals surface area (Å²) in [5.74, 6) is -1.25. The maximum Gasteiger partial charge on any atom is 0.313 e. The molecule has 2 aromatic carbocycles. The Kier molecular flexibility index (Phi) is 7.25. The second-order valence-corrected chi connectivity index (χ2v) is 7.47. The van der Waals surface area contributed by atoms with Gasteiger partial charge in [0.2, 0.25) is 0 Å². The number of carbonyl (C=O) groups excluding carboxylic acids is 2. The van der Waals surface area contributed by atoms with Crippen LogP contribution in [0.1, 0.15) is 18.1 Å². The molecule has 29 heavy (non-hydrogen) atoms. The number of aryl methyl sites for hydroxylation is 1. The summed E-state index contributed by atoms with van der Waals surface area (Å²) in [4.78, 5) is 28.8. The molecule has 0 spiro atoms. The molecule has 0 unspecified atom stereocenters. The molecule has 0 radical (unpaired) electrons. The number of anilines is 2. The van der Waals surface area contributed by atoms with Crippen LogP contribution in [0.25, 0.3) is 0 Å². The molecule has 1 aliphatic rings. The van der Waals surface area contributed by atoms with Crippen LogP contribution in [0.3, 0.4) is 0 Å². The van der Waals surface area contributed by atoms with Gasteiger partial charge >= 0.3 is 11.8 Å². The molecule has 0 aromatic heterocycles. The van der Waals surface area contributed by atoms with Crippen molar-refractivity contribution in [2.45, 2.75) is 19.8 Å². The zero-order valence-corrected chi connectivity index (χ0v) is 17.3. The molecule has 2 N–H and O–H groups in total. The average molecular weight is 395 g/mol. The van der Waals surface area contributed by atoms with E-state index in [-0.39, 0.29) is 0 Å². The molecular formula is C23H30N4O2. The standard InChI is InChI=1S/C23H30N4O2/c1-3-18-4-8-20(9-5-18)25-23(29)22(28)24-13-12-19-6-10-21(11-7-19)27-16-14-26(2)15-17-27/h4-11H,3,12-17H2,1-2H3,(H,24,28)(H,25,29). The number of benzene rings is 2. The van der Waals surface area contributed by atoms with Crippen molar-refractivity contribution in [2.75, 3.05) is 50.0 Å². The molecule has 6 heteroatoms. The molecule has 0 aliphatic carbocycles. The van der Waals surface area contributed by atoms with Crippen molar-refractivity contribution in [1.29, 1.82) is 0 Å². The van der Waals surface area contributed by atoms with Gasteiger partial charge in [-0.1, -0.05) is 31.2 Å². The van der Waals surface area contributed by atoms with E-state index in [1.165, 1.54) is 11.3 Å². The van der Waals surface area contributed by atoms with Gasteiger partial charge in [-0.2, -0.15) is 0 Å². The van der Waals surface area contributed by atoms with Gasteiger partial charge < -0.3 is 20.4 Å². The van der Waals surface area contributed by atoms with Gasteiger partial charge in [0.25, 0.3) is 0 Å². The second kappa shape index (κ2) is 10.1. The van der Waals surface area contributed by atoms with Gasteiger partial charge in [0.1, 0.15) is 0 Å². The Morgan fingerprint density at radius 2 is 1.48 bits per heavy atom. The van der Waals surface area contributed by atoms with E-state index < -0.39 is 11.8 Å². The van der Waals surface area contributed by atoms with Gasteiger partial charge in [-0.15, -0.1) is 0 Å². The quantitative estimate of drug-likeness (QED) is 0.738. The fourth-order valence-electron chi connectivity index (χ4n) is 3.35. The van der Waals surface area contributed by atoms with E-state index in [1.807, 2.05) is 24.3 Å². The van der Waals surface area contributed by atoms with Crippen molar-refractivity contribution in [3.63, 3.8) is 0 Å². The third kappa shape index (κ3) is 6.06. The van der Waals surface area contributed by atoms with E-state index in [0.717, 1.165) is 38.2 Å². The lowest BCUT2D eigenvalue weighted by Crippen LogP contribution is -2.44. The minimum atomic E-state index is -0.639. The van der Waals surface area contributed by atoms with Gasteiger partial charge in [0, 0.05) is 44.1 Å². The lowest BCUT2D eigenvalue weighted by Gasteiger charge is -2.34. The van der Waals surface area contributed by atoms with Crippen LogP contribution in [0.15, 0.2) is 48.5 Å². The number of rotatable bonds is 6. The first-order valence-corrected chi connectivity index (χ1v) is 10.3. The SMILES string of the molecule is CCc1ccc(NC(=O)C(=O)NCCc2ccc(N3CCN(C)CC3)cc2)cc1. The number of likely N-dealkylation sites (N-methyl/N-ethyl adjacent to an activating group) is 1. The van der Waals surface area contributed by atoms with Crippen molar-refractivity contribution in [3.05, 3.63) is 59.7 Å². The highest BCUT2D eigenvalue weighted by molar-refractivity contribution is 6.39. The minimum Gasteiger partial charge on any atom is -0.369 e. The number of nitrogens with one attached hydrogen (secondary N) is 2. The molecule has 2 aromatic rings. The van der Waals surface area contributed by atoms with Crippen LogP contribution in [0, 0.1) is 0 Å². The average Bonchev–Trinajstić information content (AvgIpc) is 2.75. The highest BCUT2D eigenvalue weighted by Crippen LogP contribution is 2.17. The molecule has 0 saturated carbocycles. The number of hydrogen-bond acceptors (Lipinski definition) is 4. The summed E-state index contributed by atoms with van der Waals surface area (Å²) in [5.41, 5.74) is 4.19. The summed E-state index contributed by atoms with van der Waals surface area (Å²) in [5, 5.41) is 5.32. The smallest absolute Gasteiger partial charge is 0.313 e. The zero-order valence-electron chi connectivity index (χ0n) is 17.3. The lowest BCUT2D eigenvalue weighted by atomic mass is 10.1. The maximum absolute atomic E-state index is 12.0. The number of carbonyl (C=O) groups is 2. The fourth-order valence-corrected chi connectivity index (χ4v) is 3.35.